The maximum absolute atomic E-state index is 11.5. The van der Waals surface area contributed by atoms with Gasteiger partial charge in [0, 0.05) is 47.9 Å². The van der Waals surface area contributed by atoms with Crippen molar-refractivity contribution in [2.75, 3.05) is 26.2 Å². The summed E-state index contributed by atoms with van der Waals surface area (Å²) in [6.07, 6.45) is 5.39. The zero-order valence-corrected chi connectivity index (χ0v) is 22.0. The Morgan fingerprint density at radius 1 is 1.24 bits per heavy atom. The molecule has 2 atom stereocenters. The Hall–Kier alpha value is -3.39. The van der Waals surface area contributed by atoms with E-state index in [0.29, 0.717) is 29.5 Å². The second-order valence-corrected chi connectivity index (χ2v) is 10.4. The number of aliphatic carboxylic acids is 1. The maximum atomic E-state index is 11.5. The van der Waals surface area contributed by atoms with Gasteiger partial charge >= 0.3 is 5.97 Å². The molecule has 0 bridgehead atoms. The molecule has 1 aromatic heterocycles. The summed E-state index contributed by atoms with van der Waals surface area (Å²) in [7, 11) is 0. The van der Waals surface area contributed by atoms with E-state index in [2.05, 4.69) is 22.9 Å². The number of carboxylic acid groups (broad SMARTS) is 1. The molecule has 3 aromatic rings. The molecule has 2 aliphatic rings. The highest BCUT2D eigenvalue weighted by Gasteiger charge is 2.40. The van der Waals surface area contributed by atoms with Gasteiger partial charge < -0.3 is 24.6 Å². The number of aromatic nitrogens is 1. The minimum atomic E-state index is -1.03. The number of pyridine rings is 1. The number of hydrogen-bond donors (Lipinski definition) is 2. The zero-order valence-electron chi connectivity index (χ0n) is 21.3. The maximum Gasteiger partial charge on any atom is 0.341 e. The number of fused-ring (bicyclic) bond motifs is 2. The fourth-order valence-corrected chi connectivity index (χ4v) is 5.48. The molecule has 2 unspecified atom stereocenters. The second-order valence-electron chi connectivity index (χ2n) is 9.92. The van der Waals surface area contributed by atoms with Crippen molar-refractivity contribution in [2.45, 2.75) is 32.0 Å². The van der Waals surface area contributed by atoms with Gasteiger partial charge in [0.2, 0.25) is 0 Å². The van der Waals surface area contributed by atoms with Crippen LogP contribution in [0.15, 0.2) is 66.9 Å². The highest BCUT2D eigenvalue weighted by molar-refractivity contribution is 6.30. The van der Waals surface area contributed by atoms with Gasteiger partial charge in [-0.15, -0.1) is 0 Å². The Kier molecular flexibility index (Phi) is 7.70. The first-order valence-corrected chi connectivity index (χ1v) is 13.2. The highest BCUT2D eigenvalue weighted by Crippen LogP contribution is 2.40. The quantitative estimate of drug-likeness (QED) is 0.433. The average molecular weight is 535 g/mol. The van der Waals surface area contributed by atoms with Crippen LogP contribution in [0.4, 0.5) is 0 Å². The Morgan fingerprint density at radius 2 is 2.05 bits per heavy atom. The molecular formula is C30H31ClN2O5. The topological polar surface area (TPSA) is 92.1 Å². The fraction of sp³-hybridized carbons (Fsp3) is 0.333. The number of piperidine rings is 1. The van der Waals surface area contributed by atoms with Crippen LogP contribution in [-0.2, 0) is 17.0 Å². The normalized spacial score (nSPS) is 22.2. The summed E-state index contributed by atoms with van der Waals surface area (Å²) in [6.45, 7) is 4.45. The molecule has 1 saturated heterocycles. The van der Waals surface area contributed by atoms with Gasteiger partial charge in [-0.05, 0) is 60.4 Å². The number of benzene rings is 2. The number of likely N-dealkylation sites (tertiary alicyclic amines) is 1. The molecule has 5 rings (SSSR count). The van der Waals surface area contributed by atoms with Crippen LogP contribution in [0.3, 0.4) is 0 Å². The predicted molar refractivity (Wildman–Crippen MR) is 145 cm³/mol. The lowest BCUT2D eigenvalue weighted by Crippen LogP contribution is -2.49. The van der Waals surface area contributed by atoms with Crippen molar-refractivity contribution in [3.63, 3.8) is 0 Å². The molecule has 1 fully saturated rings. The van der Waals surface area contributed by atoms with E-state index in [1.807, 2.05) is 48.5 Å². The molecule has 7 nitrogen and oxygen atoms in total. The lowest BCUT2D eigenvalue weighted by atomic mass is 9.77. The van der Waals surface area contributed by atoms with Crippen LogP contribution < -0.4 is 9.47 Å². The molecule has 2 aromatic carbocycles. The molecule has 38 heavy (non-hydrogen) atoms. The fourth-order valence-electron chi connectivity index (χ4n) is 5.36. The van der Waals surface area contributed by atoms with Gasteiger partial charge in [0.1, 0.15) is 18.1 Å². The third-order valence-electron chi connectivity index (χ3n) is 7.44. The summed E-state index contributed by atoms with van der Waals surface area (Å²) in [5, 5.41) is 21.1. The molecule has 0 saturated carbocycles. The highest BCUT2D eigenvalue weighted by atomic mass is 35.5. The second kappa shape index (κ2) is 11.2. The van der Waals surface area contributed by atoms with E-state index in [-0.39, 0.29) is 5.92 Å². The monoisotopic (exact) mass is 534 g/mol. The molecule has 198 valence electrons. The van der Waals surface area contributed by atoms with Crippen LogP contribution >= 0.6 is 11.6 Å². The summed E-state index contributed by atoms with van der Waals surface area (Å²) in [6, 6.07) is 16.8. The Balaban J connectivity index is 1.34. The van der Waals surface area contributed by atoms with Crippen LogP contribution in [-0.4, -0.2) is 52.3 Å². The van der Waals surface area contributed by atoms with E-state index in [1.165, 1.54) is 0 Å². The largest absolute Gasteiger partial charge is 0.487 e. The number of nitrogens with zero attached hydrogens (tertiary/aromatic N) is 2. The van der Waals surface area contributed by atoms with Crippen molar-refractivity contribution >= 4 is 23.1 Å². The molecular weight excluding hydrogens is 504 g/mol. The van der Waals surface area contributed by atoms with Crippen molar-refractivity contribution < 1.29 is 24.5 Å². The number of rotatable bonds is 7. The number of hydrogen-bond acceptors (Lipinski definition) is 6. The Morgan fingerprint density at radius 3 is 2.82 bits per heavy atom. The number of ether oxygens (including phenoxy) is 2. The number of carbonyl (C=O) groups is 1. The SMILES string of the molecule is CC1CN(CC/C=C2/c3cc(OCC(=O)O)ccc3OCc3ncccc32)CCC1(O)c1ccc(Cl)cc1. The molecule has 2 aliphatic heterocycles. The molecule has 0 amide bonds. The van der Waals surface area contributed by atoms with E-state index in [9.17, 15) is 9.90 Å². The van der Waals surface area contributed by atoms with E-state index < -0.39 is 18.2 Å². The van der Waals surface area contributed by atoms with Crippen molar-refractivity contribution in [3.05, 3.63) is 94.3 Å². The van der Waals surface area contributed by atoms with Gasteiger partial charge in [-0.2, -0.15) is 0 Å². The molecule has 0 radical (unpaired) electrons. The molecule has 0 spiro atoms. The first-order chi connectivity index (χ1) is 18.3. The number of aliphatic hydroxyl groups is 1. The smallest absolute Gasteiger partial charge is 0.341 e. The van der Waals surface area contributed by atoms with Crippen LogP contribution in [0, 0.1) is 5.92 Å². The van der Waals surface area contributed by atoms with Crippen molar-refractivity contribution in [2.24, 2.45) is 5.92 Å². The van der Waals surface area contributed by atoms with Gasteiger partial charge in [0.05, 0.1) is 11.3 Å². The van der Waals surface area contributed by atoms with E-state index in [1.54, 1.807) is 12.3 Å². The number of carboxylic acids is 1. The Labute approximate surface area is 227 Å². The summed E-state index contributed by atoms with van der Waals surface area (Å²) < 4.78 is 11.5. The first kappa shape index (κ1) is 26.2. The lowest BCUT2D eigenvalue weighted by Gasteiger charge is -2.43. The third-order valence-corrected chi connectivity index (χ3v) is 7.69. The predicted octanol–water partition coefficient (Wildman–Crippen LogP) is 5.14. The third kappa shape index (κ3) is 5.55. The lowest BCUT2D eigenvalue weighted by molar-refractivity contribution is -0.139. The van der Waals surface area contributed by atoms with Crippen LogP contribution in [0.5, 0.6) is 11.5 Å². The summed E-state index contributed by atoms with van der Waals surface area (Å²) in [4.78, 5) is 17.9. The Bertz CT molecular complexity index is 1340. The first-order valence-electron chi connectivity index (χ1n) is 12.8. The summed E-state index contributed by atoms with van der Waals surface area (Å²) in [5.41, 5.74) is 3.73. The molecule has 8 heteroatoms. The molecule has 0 aliphatic carbocycles. The standard InChI is InChI=1S/C30H31ClN2O5/c1-20-17-33(15-12-30(20,36)21-6-8-22(31)9-7-21)14-3-5-24-25-4-2-13-32-27(25)18-38-28-11-10-23(16-26(24)28)37-19-29(34)35/h2,4-11,13,16,20,36H,3,12,14-15,17-19H2,1H3,(H,34,35)/b24-5+. The van der Waals surface area contributed by atoms with Gasteiger partial charge in [0.25, 0.3) is 0 Å². The van der Waals surface area contributed by atoms with Crippen molar-refractivity contribution in [1.29, 1.82) is 0 Å². The minimum absolute atomic E-state index is 0.0657. The van der Waals surface area contributed by atoms with E-state index in [0.717, 1.165) is 54.0 Å². The van der Waals surface area contributed by atoms with E-state index >= 15 is 0 Å². The summed E-state index contributed by atoms with van der Waals surface area (Å²) >= 11 is 6.05. The number of halogens is 1. The molecule has 2 N–H and O–H groups in total. The van der Waals surface area contributed by atoms with Gasteiger partial charge in [0.15, 0.2) is 6.61 Å². The van der Waals surface area contributed by atoms with Crippen LogP contribution in [0.25, 0.3) is 5.57 Å². The van der Waals surface area contributed by atoms with Gasteiger partial charge in [-0.25, -0.2) is 4.79 Å². The average Bonchev–Trinajstić information content (AvgIpc) is 3.06. The van der Waals surface area contributed by atoms with Crippen molar-refractivity contribution in [3.8, 4) is 11.5 Å². The van der Waals surface area contributed by atoms with Gasteiger partial charge in [-0.1, -0.05) is 42.8 Å². The van der Waals surface area contributed by atoms with Crippen LogP contribution in [0.1, 0.15) is 42.1 Å². The van der Waals surface area contributed by atoms with Gasteiger partial charge in [-0.3, -0.25) is 4.98 Å². The molecule has 3 heterocycles. The van der Waals surface area contributed by atoms with Crippen molar-refractivity contribution in [1.82, 2.24) is 9.88 Å². The minimum Gasteiger partial charge on any atom is -0.487 e. The van der Waals surface area contributed by atoms with E-state index in [4.69, 9.17) is 26.2 Å². The zero-order chi connectivity index (χ0) is 26.7. The van der Waals surface area contributed by atoms with Crippen LogP contribution in [0.2, 0.25) is 5.02 Å². The summed E-state index contributed by atoms with van der Waals surface area (Å²) in [5.74, 6) is 0.215.